The average Bonchev–Trinajstić information content (AvgIpc) is 2.17. The fourth-order valence-electron chi connectivity index (χ4n) is 1.35. The van der Waals surface area contributed by atoms with E-state index in [9.17, 15) is 10.1 Å². The number of hydrogen-bond acceptors (Lipinski definition) is 4. The lowest BCUT2D eigenvalue weighted by Crippen LogP contribution is -1.99. The van der Waals surface area contributed by atoms with Crippen LogP contribution in [0.2, 0.25) is 0 Å². The summed E-state index contributed by atoms with van der Waals surface area (Å²) in [5, 5.41) is 14.3. The summed E-state index contributed by atoms with van der Waals surface area (Å²) in [5.74, 6) is 0. The number of rotatable bonds is 3. The number of non-ortho nitro benzene ring substituents is 1. The Bertz CT molecular complexity index is 413. The zero-order valence-electron chi connectivity index (χ0n) is 8.85. The summed E-state index contributed by atoms with van der Waals surface area (Å²) in [6.45, 7) is 3.59. The summed E-state index contributed by atoms with van der Waals surface area (Å²) in [6.07, 6.45) is 0. The molecule has 0 saturated carbocycles. The van der Waals surface area contributed by atoms with Gasteiger partial charge in [-0.25, -0.2) is 0 Å². The van der Waals surface area contributed by atoms with E-state index in [0.717, 1.165) is 11.1 Å². The Balaban J connectivity index is 3.14. The van der Waals surface area contributed by atoms with Crippen LogP contribution in [0.25, 0.3) is 0 Å². The highest BCUT2D eigenvalue weighted by atomic mass is 16.6. The van der Waals surface area contributed by atoms with Crippen molar-refractivity contribution in [3.05, 3.63) is 39.4 Å². The predicted octanol–water partition coefficient (Wildman–Crippen LogP) is 2.27. The minimum atomic E-state index is -0.417. The molecule has 0 aromatic heterocycles. The first-order chi connectivity index (χ1) is 7.06. The van der Waals surface area contributed by atoms with Crippen LogP contribution in [-0.4, -0.2) is 17.7 Å². The molecule has 0 fully saturated rings. The molecule has 5 heteroatoms. The second-order valence-corrected chi connectivity index (χ2v) is 3.12. The summed E-state index contributed by atoms with van der Waals surface area (Å²) in [5.41, 5.74) is 2.44. The number of nitro benzene ring substituents is 1. The van der Waals surface area contributed by atoms with E-state index in [1.165, 1.54) is 19.2 Å². The third-order valence-electron chi connectivity index (χ3n) is 2.04. The van der Waals surface area contributed by atoms with Crippen molar-refractivity contribution in [2.24, 2.45) is 5.16 Å². The first kappa shape index (κ1) is 11.2. The maximum Gasteiger partial charge on any atom is 0.269 e. The number of hydrogen-bond donors (Lipinski definition) is 0. The van der Waals surface area contributed by atoms with Gasteiger partial charge in [-0.3, -0.25) is 10.1 Å². The summed E-state index contributed by atoms with van der Waals surface area (Å²) >= 11 is 0. The van der Waals surface area contributed by atoms with Gasteiger partial charge in [-0.05, 0) is 25.5 Å². The van der Waals surface area contributed by atoms with E-state index < -0.39 is 4.92 Å². The smallest absolute Gasteiger partial charge is 0.269 e. The average molecular weight is 208 g/mol. The highest BCUT2D eigenvalue weighted by Crippen LogP contribution is 2.17. The van der Waals surface area contributed by atoms with Gasteiger partial charge in [0.1, 0.15) is 7.11 Å². The number of nitro groups is 1. The molecule has 0 bridgehead atoms. The van der Waals surface area contributed by atoms with Crippen molar-refractivity contribution in [1.29, 1.82) is 0 Å². The van der Waals surface area contributed by atoms with Crippen molar-refractivity contribution in [2.75, 3.05) is 7.11 Å². The Morgan fingerprint density at radius 2 is 2.20 bits per heavy atom. The Morgan fingerprint density at radius 1 is 1.53 bits per heavy atom. The van der Waals surface area contributed by atoms with E-state index in [0.29, 0.717) is 5.71 Å². The Labute approximate surface area is 87.5 Å². The number of benzene rings is 1. The molecule has 0 atom stereocenters. The van der Waals surface area contributed by atoms with Crippen LogP contribution in [0.5, 0.6) is 0 Å². The molecule has 0 radical (unpaired) electrons. The summed E-state index contributed by atoms with van der Waals surface area (Å²) in [7, 11) is 1.46. The highest BCUT2D eigenvalue weighted by Gasteiger charge is 2.09. The first-order valence-electron chi connectivity index (χ1n) is 4.39. The maximum absolute atomic E-state index is 10.5. The monoisotopic (exact) mass is 208 g/mol. The lowest BCUT2D eigenvalue weighted by atomic mass is 10.0. The van der Waals surface area contributed by atoms with Crippen LogP contribution >= 0.6 is 0 Å². The second-order valence-electron chi connectivity index (χ2n) is 3.12. The summed E-state index contributed by atoms with van der Waals surface area (Å²) in [4.78, 5) is 14.7. The van der Waals surface area contributed by atoms with Gasteiger partial charge in [0.2, 0.25) is 0 Å². The number of oxime groups is 1. The van der Waals surface area contributed by atoms with Crippen molar-refractivity contribution in [2.45, 2.75) is 13.8 Å². The lowest BCUT2D eigenvalue weighted by Gasteiger charge is -2.03. The fourth-order valence-corrected chi connectivity index (χ4v) is 1.35. The van der Waals surface area contributed by atoms with Gasteiger partial charge in [0, 0.05) is 17.7 Å². The van der Waals surface area contributed by atoms with Crippen LogP contribution in [0, 0.1) is 17.0 Å². The van der Waals surface area contributed by atoms with Crippen molar-refractivity contribution >= 4 is 11.4 Å². The van der Waals surface area contributed by atoms with E-state index in [1.54, 1.807) is 19.9 Å². The lowest BCUT2D eigenvalue weighted by molar-refractivity contribution is -0.384. The van der Waals surface area contributed by atoms with E-state index >= 15 is 0 Å². The van der Waals surface area contributed by atoms with Gasteiger partial charge in [0.05, 0.1) is 10.6 Å². The molecule has 0 spiro atoms. The van der Waals surface area contributed by atoms with Crippen LogP contribution in [0.1, 0.15) is 18.1 Å². The number of aryl methyl sites for hydroxylation is 1. The topological polar surface area (TPSA) is 64.7 Å². The molecule has 1 rings (SSSR count). The fraction of sp³-hybridized carbons (Fsp3) is 0.300. The third-order valence-corrected chi connectivity index (χ3v) is 2.04. The Morgan fingerprint density at radius 3 is 2.67 bits per heavy atom. The van der Waals surface area contributed by atoms with Crippen LogP contribution in [0.3, 0.4) is 0 Å². The standard InChI is InChI=1S/C10H12N2O3/c1-7-6-9(12(13)14)4-5-10(7)8(2)11-15-3/h4-6H,1-3H3/b11-8+. The van der Waals surface area contributed by atoms with Gasteiger partial charge >= 0.3 is 0 Å². The Hall–Kier alpha value is -1.91. The molecule has 5 nitrogen and oxygen atoms in total. The van der Waals surface area contributed by atoms with Gasteiger partial charge in [-0.15, -0.1) is 0 Å². The van der Waals surface area contributed by atoms with Crippen LogP contribution in [-0.2, 0) is 4.84 Å². The Kier molecular flexibility index (Phi) is 3.38. The molecule has 1 aromatic carbocycles. The molecule has 0 aliphatic heterocycles. The van der Waals surface area contributed by atoms with Gasteiger partial charge in [0.15, 0.2) is 0 Å². The molecule has 0 aliphatic rings. The molecule has 1 aromatic rings. The van der Waals surface area contributed by atoms with Crippen molar-refractivity contribution in [3.63, 3.8) is 0 Å². The van der Waals surface area contributed by atoms with Gasteiger partial charge in [-0.2, -0.15) is 0 Å². The van der Waals surface area contributed by atoms with Crippen molar-refractivity contribution in [1.82, 2.24) is 0 Å². The summed E-state index contributed by atoms with van der Waals surface area (Å²) < 4.78 is 0. The molecule has 0 heterocycles. The van der Waals surface area contributed by atoms with E-state index in [1.807, 2.05) is 0 Å². The van der Waals surface area contributed by atoms with E-state index in [2.05, 4.69) is 9.99 Å². The number of nitrogens with zero attached hydrogens (tertiary/aromatic N) is 2. The zero-order chi connectivity index (χ0) is 11.4. The molecule has 0 unspecified atom stereocenters. The third kappa shape index (κ3) is 2.52. The van der Waals surface area contributed by atoms with Crippen LogP contribution in [0.4, 0.5) is 5.69 Å². The molecular weight excluding hydrogens is 196 g/mol. The minimum absolute atomic E-state index is 0.0847. The van der Waals surface area contributed by atoms with E-state index in [4.69, 9.17) is 0 Å². The molecule has 0 amide bonds. The van der Waals surface area contributed by atoms with Crippen molar-refractivity contribution in [3.8, 4) is 0 Å². The van der Waals surface area contributed by atoms with Gasteiger partial charge in [-0.1, -0.05) is 5.16 Å². The van der Waals surface area contributed by atoms with Crippen molar-refractivity contribution < 1.29 is 9.76 Å². The van der Waals surface area contributed by atoms with Crippen LogP contribution in [0.15, 0.2) is 23.4 Å². The molecule has 0 aliphatic carbocycles. The quantitative estimate of drug-likeness (QED) is 0.434. The SMILES string of the molecule is CO/N=C(\C)c1ccc([N+](=O)[O-])cc1C. The molecule has 0 saturated heterocycles. The van der Waals surface area contributed by atoms with Gasteiger partial charge < -0.3 is 4.84 Å². The highest BCUT2D eigenvalue weighted by molar-refractivity contribution is 5.99. The molecule has 0 N–H and O–H groups in total. The molecule has 80 valence electrons. The largest absolute Gasteiger partial charge is 0.399 e. The van der Waals surface area contributed by atoms with Gasteiger partial charge in [0.25, 0.3) is 5.69 Å². The van der Waals surface area contributed by atoms with Crippen LogP contribution < -0.4 is 0 Å². The zero-order valence-corrected chi connectivity index (χ0v) is 8.85. The normalized spacial score (nSPS) is 11.3. The van der Waals surface area contributed by atoms with E-state index in [-0.39, 0.29) is 5.69 Å². The molecule has 15 heavy (non-hydrogen) atoms. The maximum atomic E-state index is 10.5. The predicted molar refractivity (Wildman–Crippen MR) is 57.1 cm³/mol. The summed E-state index contributed by atoms with van der Waals surface area (Å²) in [6, 6.07) is 4.65. The molecular formula is C10H12N2O3. The second kappa shape index (κ2) is 4.54. The first-order valence-corrected chi connectivity index (χ1v) is 4.39. The minimum Gasteiger partial charge on any atom is -0.399 e.